The highest BCUT2D eigenvalue weighted by molar-refractivity contribution is 5.94. The van der Waals surface area contributed by atoms with E-state index in [1.54, 1.807) is 29.4 Å². The average Bonchev–Trinajstić information content (AvgIpc) is 3.19. The lowest BCUT2D eigenvalue weighted by Gasteiger charge is -2.24. The maximum Gasteiger partial charge on any atom is 0.254 e. The van der Waals surface area contributed by atoms with Crippen molar-refractivity contribution in [1.82, 2.24) is 4.90 Å². The van der Waals surface area contributed by atoms with E-state index in [2.05, 4.69) is 0 Å². The highest BCUT2D eigenvalue weighted by Crippen LogP contribution is 2.18. The van der Waals surface area contributed by atoms with Gasteiger partial charge in [-0.15, -0.1) is 0 Å². The molecule has 116 valence electrons. The number of hydrogen-bond donors (Lipinski definition) is 0. The van der Waals surface area contributed by atoms with Crippen molar-refractivity contribution in [3.05, 3.63) is 59.8 Å². The van der Waals surface area contributed by atoms with Crippen LogP contribution < -0.4 is 0 Å². The topological polar surface area (TPSA) is 42.7 Å². The molecule has 1 amide bonds. The maximum atomic E-state index is 13.4. The zero-order valence-electron chi connectivity index (χ0n) is 12.2. The van der Waals surface area contributed by atoms with Crippen LogP contribution in [0, 0.1) is 5.82 Å². The molecule has 5 heteroatoms. The number of nitrogens with zero attached hydrogens (tertiary/aromatic N) is 1. The first kappa shape index (κ1) is 14.8. The van der Waals surface area contributed by atoms with Crippen LogP contribution in [0.3, 0.4) is 0 Å². The Kier molecular flexibility index (Phi) is 4.53. The smallest absolute Gasteiger partial charge is 0.254 e. The van der Waals surface area contributed by atoms with Crippen molar-refractivity contribution in [2.45, 2.75) is 25.5 Å². The minimum absolute atomic E-state index is 0.0347. The Balaban J connectivity index is 1.78. The van der Waals surface area contributed by atoms with E-state index >= 15 is 0 Å². The highest BCUT2D eigenvalue weighted by Gasteiger charge is 2.24. The molecule has 1 aliphatic heterocycles. The summed E-state index contributed by atoms with van der Waals surface area (Å²) >= 11 is 0. The molecule has 1 saturated heterocycles. The van der Waals surface area contributed by atoms with E-state index in [-0.39, 0.29) is 12.0 Å². The molecule has 0 spiro atoms. The van der Waals surface area contributed by atoms with Crippen molar-refractivity contribution in [3.63, 3.8) is 0 Å². The summed E-state index contributed by atoms with van der Waals surface area (Å²) in [5.74, 6) is 0.0649. The van der Waals surface area contributed by atoms with Crippen molar-refractivity contribution in [2.24, 2.45) is 0 Å². The van der Waals surface area contributed by atoms with Gasteiger partial charge < -0.3 is 14.1 Å². The van der Waals surface area contributed by atoms with Gasteiger partial charge >= 0.3 is 0 Å². The monoisotopic (exact) mass is 303 g/mol. The lowest BCUT2D eigenvalue weighted by Crippen LogP contribution is -2.36. The van der Waals surface area contributed by atoms with Crippen LogP contribution in [0.1, 0.15) is 29.0 Å². The summed E-state index contributed by atoms with van der Waals surface area (Å²) in [5, 5.41) is 0. The minimum Gasteiger partial charge on any atom is -0.467 e. The molecule has 0 aliphatic carbocycles. The first-order valence-electron chi connectivity index (χ1n) is 7.41. The standard InChI is InChI=1S/C17H18FNO3/c18-14-5-1-4-13(10-14)17(20)19(11-15-6-2-8-21-15)12-16-7-3-9-22-16/h1-2,4-6,8,10,16H,3,7,9,11-12H2. The number of amides is 1. The zero-order chi connectivity index (χ0) is 15.4. The molecular weight excluding hydrogens is 285 g/mol. The molecule has 2 heterocycles. The Morgan fingerprint density at radius 2 is 2.23 bits per heavy atom. The van der Waals surface area contributed by atoms with Gasteiger partial charge in [-0.3, -0.25) is 4.79 Å². The third-order valence-corrected chi connectivity index (χ3v) is 3.73. The third-order valence-electron chi connectivity index (χ3n) is 3.73. The first-order chi connectivity index (χ1) is 10.7. The molecule has 1 aliphatic rings. The van der Waals surface area contributed by atoms with Gasteiger partial charge in [0.25, 0.3) is 5.91 Å². The van der Waals surface area contributed by atoms with E-state index < -0.39 is 5.82 Å². The fourth-order valence-corrected chi connectivity index (χ4v) is 2.65. The fourth-order valence-electron chi connectivity index (χ4n) is 2.65. The fraction of sp³-hybridized carbons (Fsp3) is 0.353. The van der Waals surface area contributed by atoms with Gasteiger partial charge in [0.15, 0.2) is 0 Å². The maximum absolute atomic E-state index is 13.4. The molecule has 1 unspecified atom stereocenters. The lowest BCUT2D eigenvalue weighted by atomic mass is 10.1. The molecule has 0 bridgehead atoms. The molecule has 1 aromatic carbocycles. The lowest BCUT2D eigenvalue weighted by molar-refractivity contribution is 0.0491. The Morgan fingerprint density at radius 1 is 1.32 bits per heavy atom. The molecule has 1 fully saturated rings. The van der Waals surface area contributed by atoms with E-state index in [0.29, 0.717) is 24.4 Å². The Morgan fingerprint density at radius 3 is 2.91 bits per heavy atom. The van der Waals surface area contributed by atoms with Gasteiger partial charge in [-0.05, 0) is 43.2 Å². The summed E-state index contributed by atoms with van der Waals surface area (Å²) in [6.07, 6.45) is 3.55. The van der Waals surface area contributed by atoms with Gasteiger partial charge in [0.05, 0.1) is 18.9 Å². The van der Waals surface area contributed by atoms with Crippen molar-refractivity contribution >= 4 is 5.91 Å². The van der Waals surface area contributed by atoms with Crippen LogP contribution in [0.5, 0.6) is 0 Å². The number of carbonyl (C=O) groups excluding carboxylic acids is 1. The quantitative estimate of drug-likeness (QED) is 0.851. The normalized spacial score (nSPS) is 17.6. The van der Waals surface area contributed by atoms with Gasteiger partial charge in [-0.1, -0.05) is 6.07 Å². The summed E-state index contributed by atoms with van der Waals surface area (Å²) in [5.41, 5.74) is 0.338. The highest BCUT2D eigenvalue weighted by atomic mass is 19.1. The van der Waals surface area contributed by atoms with Crippen LogP contribution in [-0.4, -0.2) is 30.1 Å². The summed E-state index contributed by atoms with van der Waals surface area (Å²) in [6.45, 7) is 1.56. The second kappa shape index (κ2) is 6.75. The average molecular weight is 303 g/mol. The largest absolute Gasteiger partial charge is 0.467 e. The van der Waals surface area contributed by atoms with Gasteiger partial charge in [0, 0.05) is 18.7 Å². The molecule has 22 heavy (non-hydrogen) atoms. The Labute approximate surface area is 128 Å². The second-order valence-corrected chi connectivity index (χ2v) is 5.41. The van der Waals surface area contributed by atoms with Crippen molar-refractivity contribution in [3.8, 4) is 0 Å². The predicted molar refractivity (Wildman–Crippen MR) is 78.8 cm³/mol. The Bertz CT molecular complexity index is 621. The summed E-state index contributed by atoms with van der Waals surface area (Å²) in [4.78, 5) is 14.3. The van der Waals surface area contributed by atoms with E-state index in [9.17, 15) is 9.18 Å². The van der Waals surface area contributed by atoms with E-state index in [4.69, 9.17) is 9.15 Å². The van der Waals surface area contributed by atoms with E-state index in [1.807, 2.05) is 6.07 Å². The number of carbonyl (C=O) groups is 1. The van der Waals surface area contributed by atoms with Crippen molar-refractivity contribution in [2.75, 3.05) is 13.2 Å². The molecular formula is C17H18FNO3. The first-order valence-corrected chi connectivity index (χ1v) is 7.41. The number of halogens is 1. The van der Waals surface area contributed by atoms with Crippen LogP contribution in [0.2, 0.25) is 0 Å². The molecule has 1 atom stereocenters. The number of ether oxygens (including phenoxy) is 1. The van der Waals surface area contributed by atoms with Crippen LogP contribution in [0.25, 0.3) is 0 Å². The van der Waals surface area contributed by atoms with E-state index in [0.717, 1.165) is 19.4 Å². The van der Waals surface area contributed by atoms with E-state index in [1.165, 1.54) is 12.1 Å². The molecule has 1 aromatic heterocycles. The van der Waals surface area contributed by atoms with Crippen LogP contribution >= 0.6 is 0 Å². The number of hydrogen-bond acceptors (Lipinski definition) is 3. The number of rotatable bonds is 5. The van der Waals surface area contributed by atoms with Crippen molar-refractivity contribution in [1.29, 1.82) is 0 Å². The molecule has 2 aromatic rings. The molecule has 3 rings (SSSR count). The van der Waals surface area contributed by atoms with Gasteiger partial charge in [0.2, 0.25) is 0 Å². The number of furan rings is 1. The van der Waals surface area contributed by atoms with Gasteiger partial charge in [-0.2, -0.15) is 0 Å². The third kappa shape index (κ3) is 3.54. The molecule has 4 nitrogen and oxygen atoms in total. The van der Waals surface area contributed by atoms with Gasteiger partial charge in [-0.25, -0.2) is 4.39 Å². The van der Waals surface area contributed by atoms with Crippen LogP contribution in [0.4, 0.5) is 4.39 Å². The summed E-state index contributed by atoms with van der Waals surface area (Å²) in [6, 6.07) is 9.35. The molecule has 0 radical (unpaired) electrons. The van der Waals surface area contributed by atoms with Crippen LogP contribution in [0.15, 0.2) is 47.1 Å². The zero-order valence-corrected chi connectivity index (χ0v) is 12.2. The minimum atomic E-state index is -0.416. The SMILES string of the molecule is O=C(c1cccc(F)c1)N(Cc1ccco1)CC1CCCO1. The second-order valence-electron chi connectivity index (χ2n) is 5.41. The Hall–Kier alpha value is -2.14. The summed E-state index contributed by atoms with van der Waals surface area (Å²) in [7, 11) is 0. The van der Waals surface area contributed by atoms with Crippen molar-refractivity contribution < 1.29 is 18.3 Å². The van der Waals surface area contributed by atoms with Crippen LogP contribution in [-0.2, 0) is 11.3 Å². The summed E-state index contributed by atoms with van der Waals surface area (Å²) < 4.78 is 24.3. The number of benzene rings is 1. The van der Waals surface area contributed by atoms with Gasteiger partial charge in [0.1, 0.15) is 11.6 Å². The molecule has 0 saturated carbocycles. The predicted octanol–water partition coefficient (Wildman–Crippen LogP) is 3.24. The molecule has 0 N–H and O–H groups in total.